The highest BCUT2D eigenvalue weighted by Crippen LogP contribution is 2.25. The molecule has 0 spiro atoms. The third-order valence-corrected chi connectivity index (χ3v) is 2.19. The number of aromatic amines is 1. The summed E-state index contributed by atoms with van der Waals surface area (Å²) in [6, 6.07) is 1.95. The van der Waals surface area contributed by atoms with Crippen LogP contribution in [-0.4, -0.2) is 15.9 Å². The van der Waals surface area contributed by atoms with Crippen molar-refractivity contribution in [2.75, 3.05) is 0 Å². The number of hydrogen-bond donors (Lipinski definition) is 2. The van der Waals surface area contributed by atoms with Gasteiger partial charge in [-0.1, -0.05) is 12.1 Å². The highest BCUT2D eigenvalue weighted by molar-refractivity contribution is 6.05. The molecule has 1 unspecified atom stereocenters. The number of nitrogens with zero attached hydrogens (tertiary/aromatic N) is 1. The van der Waals surface area contributed by atoms with Crippen LogP contribution in [0.1, 0.15) is 18.2 Å². The Morgan fingerprint density at radius 2 is 2.55 bits per heavy atom. The summed E-state index contributed by atoms with van der Waals surface area (Å²) < 4.78 is 0. The van der Waals surface area contributed by atoms with Crippen molar-refractivity contribution in [2.24, 2.45) is 11.1 Å². The predicted molar refractivity (Wildman–Crippen MR) is 42.0 cm³/mol. The zero-order valence-corrected chi connectivity index (χ0v) is 6.33. The van der Waals surface area contributed by atoms with Crippen LogP contribution in [0.2, 0.25) is 0 Å². The minimum atomic E-state index is 0.349. The van der Waals surface area contributed by atoms with Crippen LogP contribution < -0.4 is 0 Å². The van der Waals surface area contributed by atoms with Gasteiger partial charge in [0.15, 0.2) is 0 Å². The average Bonchev–Trinajstić information content (AvgIpc) is 2.46. The smallest absolute Gasteiger partial charge is 0.0917 e. The lowest BCUT2D eigenvalue weighted by molar-refractivity contribution is 0.316. The van der Waals surface area contributed by atoms with E-state index in [9.17, 15) is 0 Å². The molecule has 11 heavy (non-hydrogen) atoms. The highest BCUT2D eigenvalue weighted by Gasteiger charge is 2.26. The van der Waals surface area contributed by atoms with Crippen molar-refractivity contribution in [1.82, 2.24) is 4.98 Å². The van der Waals surface area contributed by atoms with Crippen LogP contribution in [0, 0.1) is 5.92 Å². The van der Waals surface area contributed by atoms with Gasteiger partial charge in [-0.3, -0.25) is 0 Å². The molecule has 2 N–H and O–H groups in total. The van der Waals surface area contributed by atoms with E-state index >= 15 is 0 Å². The summed E-state index contributed by atoms with van der Waals surface area (Å²) in [5.74, 6) is 0.349. The standard InChI is InChI=1S/C8H10N2O/c1-5-4-7-6(2-3-9-7)8(5)10-11/h2-3,5,9,11H,4H2,1H3/b10-8+. The summed E-state index contributed by atoms with van der Waals surface area (Å²) in [4.78, 5) is 3.12. The van der Waals surface area contributed by atoms with Gasteiger partial charge in [0.25, 0.3) is 0 Å². The number of H-pyrrole nitrogens is 1. The first-order chi connectivity index (χ1) is 5.33. The molecule has 0 radical (unpaired) electrons. The first-order valence-electron chi connectivity index (χ1n) is 3.71. The van der Waals surface area contributed by atoms with Crippen molar-refractivity contribution >= 4 is 5.71 Å². The number of oxime groups is 1. The van der Waals surface area contributed by atoms with E-state index in [0.29, 0.717) is 5.92 Å². The second-order valence-corrected chi connectivity index (χ2v) is 2.96. The summed E-state index contributed by atoms with van der Waals surface area (Å²) in [5.41, 5.74) is 3.06. The lowest BCUT2D eigenvalue weighted by Crippen LogP contribution is -2.05. The average molecular weight is 150 g/mol. The molecule has 0 saturated heterocycles. The second kappa shape index (κ2) is 2.12. The molecule has 0 aromatic carbocycles. The van der Waals surface area contributed by atoms with E-state index in [1.54, 1.807) is 0 Å². The normalized spacial score (nSPS) is 25.9. The quantitative estimate of drug-likeness (QED) is 0.426. The summed E-state index contributed by atoms with van der Waals surface area (Å²) in [7, 11) is 0. The molecular weight excluding hydrogens is 140 g/mol. The topological polar surface area (TPSA) is 48.4 Å². The van der Waals surface area contributed by atoms with E-state index in [-0.39, 0.29) is 0 Å². The van der Waals surface area contributed by atoms with E-state index in [1.807, 2.05) is 12.3 Å². The Morgan fingerprint density at radius 1 is 1.73 bits per heavy atom. The monoisotopic (exact) mass is 150 g/mol. The summed E-state index contributed by atoms with van der Waals surface area (Å²) in [5, 5.41) is 12.0. The van der Waals surface area contributed by atoms with Crippen LogP contribution in [0.5, 0.6) is 0 Å². The van der Waals surface area contributed by atoms with Gasteiger partial charge in [0.1, 0.15) is 0 Å². The van der Waals surface area contributed by atoms with E-state index in [4.69, 9.17) is 5.21 Å². The number of aromatic nitrogens is 1. The molecule has 58 valence electrons. The molecule has 1 atom stereocenters. The molecule has 3 heteroatoms. The zero-order chi connectivity index (χ0) is 7.84. The number of nitrogens with one attached hydrogen (secondary N) is 1. The van der Waals surface area contributed by atoms with Crippen molar-refractivity contribution in [1.29, 1.82) is 0 Å². The van der Waals surface area contributed by atoms with Crippen LogP contribution in [0.3, 0.4) is 0 Å². The maximum Gasteiger partial charge on any atom is 0.0917 e. The van der Waals surface area contributed by atoms with Gasteiger partial charge in [-0.25, -0.2) is 0 Å². The molecule has 0 bridgehead atoms. The Kier molecular flexibility index (Phi) is 1.24. The fourth-order valence-corrected chi connectivity index (χ4v) is 1.63. The summed E-state index contributed by atoms with van der Waals surface area (Å²) in [6.45, 7) is 2.06. The van der Waals surface area contributed by atoms with Gasteiger partial charge in [-0.15, -0.1) is 0 Å². The van der Waals surface area contributed by atoms with Crippen molar-refractivity contribution in [2.45, 2.75) is 13.3 Å². The predicted octanol–water partition coefficient (Wildman–Crippen LogP) is 1.39. The van der Waals surface area contributed by atoms with Gasteiger partial charge in [-0.2, -0.15) is 0 Å². The molecule has 1 aliphatic rings. The minimum absolute atomic E-state index is 0.349. The van der Waals surface area contributed by atoms with Crippen LogP contribution in [0.4, 0.5) is 0 Å². The SMILES string of the molecule is CC1Cc2[nH]ccc2/C1=N/O. The van der Waals surface area contributed by atoms with Gasteiger partial charge in [0.05, 0.1) is 5.71 Å². The fourth-order valence-electron chi connectivity index (χ4n) is 1.63. The molecule has 3 nitrogen and oxygen atoms in total. The van der Waals surface area contributed by atoms with Crippen molar-refractivity contribution in [3.05, 3.63) is 23.5 Å². The third-order valence-electron chi connectivity index (χ3n) is 2.19. The summed E-state index contributed by atoms with van der Waals surface area (Å²) in [6.07, 6.45) is 2.84. The molecule has 0 saturated carbocycles. The molecule has 1 heterocycles. The van der Waals surface area contributed by atoms with Crippen molar-refractivity contribution in [3.8, 4) is 0 Å². The molecule has 0 amide bonds. The molecular formula is C8H10N2O. The van der Waals surface area contributed by atoms with Crippen LogP contribution in [-0.2, 0) is 6.42 Å². The Bertz CT molecular complexity index is 301. The van der Waals surface area contributed by atoms with Crippen molar-refractivity contribution in [3.63, 3.8) is 0 Å². The maximum atomic E-state index is 8.68. The third kappa shape index (κ3) is 0.770. The molecule has 1 aromatic rings. The Balaban J connectivity index is 2.52. The first kappa shape index (κ1) is 6.46. The zero-order valence-electron chi connectivity index (χ0n) is 6.33. The molecule has 1 aliphatic carbocycles. The highest BCUT2D eigenvalue weighted by atomic mass is 16.4. The molecule has 2 rings (SSSR count). The first-order valence-corrected chi connectivity index (χ1v) is 3.71. The number of hydrogen-bond acceptors (Lipinski definition) is 2. The summed E-state index contributed by atoms with van der Waals surface area (Å²) >= 11 is 0. The molecule has 1 aromatic heterocycles. The minimum Gasteiger partial charge on any atom is -0.411 e. The van der Waals surface area contributed by atoms with Gasteiger partial charge in [-0.05, 0) is 12.5 Å². The van der Waals surface area contributed by atoms with Crippen LogP contribution in [0.15, 0.2) is 17.4 Å². The van der Waals surface area contributed by atoms with Crippen molar-refractivity contribution < 1.29 is 5.21 Å². The Labute approximate surface area is 64.7 Å². The Morgan fingerprint density at radius 3 is 3.27 bits per heavy atom. The lowest BCUT2D eigenvalue weighted by Gasteiger charge is -1.98. The fraction of sp³-hybridized carbons (Fsp3) is 0.375. The van der Waals surface area contributed by atoms with Gasteiger partial charge >= 0.3 is 0 Å². The molecule has 0 aliphatic heterocycles. The van der Waals surface area contributed by atoms with Gasteiger partial charge < -0.3 is 10.2 Å². The van der Waals surface area contributed by atoms with E-state index in [0.717, 1.165) is 17.7 Å². The Hall–Kier alpha value is -1.25. The van der Waals surface area contributed by atoms with E-state index in [2.05, 4.69) is 17.1 Å². The maximum absolute atomic E-state index is 8.68. The molecule has 0 fully saturated rings. The van der Waals surface area contributed by atoms with Gasteiger partial charge in [0.2, 0.25) is 0 Å². The van der Waals surface area contributed by atoms with Gasteiger partial charge in [0, 0.05) is 23.4 Å². The lowest BCUT2D eigenvalue weighted by atomic mass is 10.1. The van der Waals surface area contributed by atoms with Crippen LogP contribution in [0.25, 0.3) is 0 Å². The second-order valence-electron chi connectivity index (χ2n) is 2.96. The van der Waals surface area contributed by atoms with E-state index in [1.165, 1.54) is 5.69 Å². The largest absolute Gasteiger partial charge is 0.411 e. The van der Waals surface area contributed by atoms with Crippen LogP contribution >= 0.6 is 0 Å². The number of rotatable bonds is 0. The van der Waals surface area contributed by atoms with E-state index < -0.39 is 0 Å². The number of fused-ring (bicyclic) bond motifs is 1.